The van der Waals surface area contributed by atoms with Gasteiger partial charge in [0.05, 0.1) is 19.9 Å². The minimum absolute atomic E-state index is 0.421. The summed E-state index contributed by atoms with van der Waals surface area (Å²) in [4.78, 5) is 12.7. The molecular formula is C16H26NO4Si. The second-order valence-electron chi connectivity index (χ2n) is 6.39. The fourth-order valence-electron chi connectivity index (χ4n) is 2.51. The standard InChI is InChI=1S/C16H26NO4Si/c1-15(2,3)16(14(18)20-5,21-22(6)7)11-8-9-13(19-4)12(17)10-11/h8-10H,17H2,1-7H3. The number of rotatable bonds is 5. The van der Waals surface area contributed by atoms with E-state index in [1.54, 1.807) is 19.2 Å². The van der Waals surface area contributed by atoms with Crippen LogP contribution in [0.15, 0.2) is 18.2 Å². The van der Waals surface area contributed by atoms with Crippen LogP contribution in [0.1, 0.15) is 26.3 Å². The van der Waals surface area contributed by atoms with Crippen molar-refractivity contribution in [1.82, 2.24) is 0 Å². The van der Waals surface area contributed by atoms with E-state index in [2.05, 4.69) is 0 Å². The molecule has 0 aliphatic rings. The highest BCUT2D eigenvalue weighted by Gasteiger charge is 2.53. The number of benzene rings is 1. The van der Waals surface area contributed by atoms with E-state index in [9.17, 15) is 4.79 Å². The van der Waals surface area contributed by atoms with Gasteiger partial charge in [-0.1, -0.05) is 26.8 Å². The van der Waals surface area contributed by atoms with E-state index in [-0.39, 0.29) is 0 Å². The smallest absolute Gasteiger partial charge is 0.342 e. The Morgan fingerprint density at radius 2 is 1.77 bits per heavy atom. The lowest BCUT2D eigenvalue weighted by Crippen LogP contribution is -2.52. The van der Waals surface area contributed by atoms with Gasteiger partial charge in [0.1, 0.15) is 5.75 Å². The Bertz CT molecular complexity index is 539. The number of hydrogen-bond donors (Lipinski definition) is 1. The molecule has 0 bridgehead atoms. The van der Waals surface area contributed by atoms with Gasteiger partial charge in [0.25, 0.3) is 0 Å². The second kappa shape index (κ2) is 6.70. The SMILES string of the molecule is COC(=O)C(O[Si](C)C)(c1ccc(OC)c(N)c1)C(C)(C)C. The van der Waals surface area contributed by atoms with Crippen molar-refractivity contribution in [2.75, 3.05) is 20.0 Å². The highest BCUT2D eigenvalue weighted by Crippen LogP contribution is 2.45. The molecule has 123 valence electrons. The molecule has 1 aromatic carbocycles. The summed E-state index contributed by atoms with van der Waals surface area (Å²) in [5.74, 6) is 0.144. The average molecular weight is 324 g/mol. The fourth-order valence-corrected chi connectivity index (χ4v) is 3.63. The fraction of sp³-hybridized carbons (Fsp3) is 0.562. The molecule has 1 unspecified atom stereocenters. The number of esters is 1. The number of carbonyl (C=O) groups is 1. The second-order valence-corrected chi connectivity index (χ2v) is 8.41. The van der Waals surface area contributed by atoms with Crippen LogP contribution in [0.4, 0.5) is 5.69 Å². The lowest BCUT2D eigenvalue weighted by Gasteiger charge is -2.43. The van der Waals surface area contributed by atoms with E-state index in [0.717, 1.165) is 0 Å². The predicted molar refractivity (Wildman–Crippen MR) is 89.1 cm³/mol. The normalized spacial score (nSPS) is 14.5. The van der Waals surface area contributed by atoms with Crippen molar-refractivity contribution in [3.63, 3.8) is 0 Å². The van der Waals surface area contributed by atoms with Crippen molar-refractivity contribution in [2.24, 2.45) is 5.41 Å². The minimum atomic E-state index is -1.21. The summed E-state index contributed by atoms with van der Waals surface area (Å²) in [6, 6.07) is 5.28. The lowest BCUT2D eigenvalue weighted by atomic mass is 9.72. The topological polar surface area (TPSA) is 70.8 Å². The van der Waals surface area contributed by atoms with Crippen LogP contribution < -0.4 is 10.5 Å². The van der Waals surface area contributed by atoms with E-state index in [0.29, 0.717) is 17.0 Å². The zero-order valence-electron chi connectivity index (χ0n) is 14.4. The third kappa shape index (κ3) is 3.28. The molecule has 0 spiro atoms. The summed E-state index contributed by atoms with van der Waals surface area (Å²) in [5.41, 5.74) is 5.44. The first-order chi connectivity index (χ1) is 10.1. The van der Waals surface area contributed by atoms with Crippen LogP contribution >= 0.6 is 0 Å². The molecule has 0 aromatic heterocycles. The maximum atomic E-state index is 12.7. The minimum Gasteiger partial charge on any atom is -0.495 e. The number of nitrogens with two attached hydrogens (primary N) is 1. The molecule has 0 fully saturated rings. The Hall–Kier alpha value is -1.53. The maximum Gasteiger partial charge on any atom is 0.342 e. The molecular weight excluding hydrogens is 298 g/mol. The monoisotopic (exact) mass is 324 g/mol. The molecule has 1 radical (unpaired) electrons. The molecule has 0 amide bonds. The van der Waals surface area contributed by atoms with Gasteiger partial charge < -0.3 is 19.6 Å². The van der Waals surface area contributed by atoms with E-state index in [1.165, 1.54) is 7.11 Å². The molecule has 5 nitrogen and oxygen atoms in total. The highest BCUT2D eigenvalue weighted by molar-refractivity contribution is 6.48. The molecule has 0 saturated heterocycles. The van der Waals surface area contributed by atoms with Gasteiger partial charge in [0, 0.05) is 5.41 Å². The summed E-state index contributed by atoms with van der Waals surface area (Å²) >= 11 is 0. The molecule has 22 heavy (non-hydrogen) atoms. The van der Waals surface area contributed by atoms with Crippen LogP contribution in [-0.4, -0.2) is 29.2 Å². The van der Waals surface area contributed by atoms with Crippen molar-refractivity contribution in [1.29, 1.82) is 0 Å². The van der Waals surface area contributed by atoms with Gasteiger partial charge in [0.15, 0.2) is 5.60 Å². The molecule has 0 heterocycles. The van der Waals surface area contributed by atoms with Crippen molar-refractivity contribution >= 4 is 20.7 Å². The van der Waals surface area contributed by atoms with Gasteiger partial charge in [-0.05, 0) is 30.8 Å². The first-order valence-electron chi connectivity index (χ1n) is 7.11. The maximum absolute atomic E-state index is 12.7. The summed E-state index contributed by atoms with van der Waals surface area (Å²) in [7, 11) is 1.75. The first kappa shape index (κ1) is 18.5. The van der Waals surface area contributed by atoms with E-state index in [4.69, 9.17) is 19.6 Å². The zero-order chi connectivity index (χ0) is 17.1. The van der Waals surface area contributed by atoms with Crippen LogP contribution in [0, 0.1) is 5.41 Å². The molecule has 1 aromatic rings. The van der Waals surface area contributed by atoms with Crippen LogP contribution in [0.3, 0.4) is 0 Å². The average Bonchev–Trinajstić information content (AvgIpc) is 2.42. The number of methoxy groups -OCH3 is 2. The quantitative estimate of drug-likeness (QED) is 0.512. The summed E-state index contributed by atoms with van der Waals surface area (Å²) in [5, 5.41) is 0. The molecule has 0 saturated carbocycles. The highest BCUT2D eigenvalue weighted by atomic mass is 28.3. The molecule has 0 aliphatic heterocycles. The van der Waals surface area contributed by atoms with Crippen LogP contribution in [-0.2, 0) is 19.6 Å². The van der Waals surface area contributed by atoms with Crippen LogP contribution in [0.25, 0.3) is 0 Å². The number of anilines is 1. The van der Waals surface area contributed by atoms with E-state index >= 15 is 0 Å². The number of ether oxygens (including phenoxy) is 2. The van der Waals surface area contributed by atoms with E-state index in [1.807, 2.05) is 39.9 Å². The third-order valence-electron chi connectivity index (χ3n) is 3.52. The molecule has 0 aliphatic carbocycles. The lowest BCUT2D eigenvalue weighted by molar-refractivity contribution is -0.173. The largest absolute Gasteiger partial charge is 0.495 e. The van der Waals surface area contributed by atoms with Crippen molar-refractivity contribution in [2.45, 2.75) is 39.5 Å². The molecule has 1 rings (SSSR count). The number of carbonyl (C=O) groups excluding carboxylic acids is 1. The van der Waals surface area contributed by atoms with Gasteiger partial charge in [-0.15, -0.1) is 0 Å². The van der Waals surface area contributed by atoms with Crippen molar-refractivity contribution in [3.8, 4) is 5.75 Å². The van der Waals surface area contributed by atoms with Crippen molar-refractivity contribution in [3.05, 3.63) is 23.8 Å². The van der Waals surface area contributed by atoms with Gasteiger partial charge in [-0.2, -0.15) is 0 Å². The van der Waals surface area contributed by atoms with Crippen LogP contribution in [0.5, 0.6) is 5.75 Å². The first-order valence-corrected chi connectivity index (χ1v) is 9.52. The molecule has 6 heteroatoms. The predicted octanol–water partition coefficient (Wildman–Crippen LogP) is 2.96. The van der Waals surface area contributed by atoms with Crippen molar-refractivity contribution < 1.29 is 18.7 Å². The third-order valence-corrected chi connectivity index (χ3v) is 4.24. The van der Waals surface area contributed by atoms with Gasteiger partial charge in [-0.25, -0.2) is 4.79 Å². The molecule has 2 N–H and O–H groups in total. The Balaban J connectivity index is 3.61. The van der Waals surface area contributed by atoms with Gasteiger partial charge >= 0.3 is 5.97 Å². The Labute approximate surface area is 134 Å². The summed E-state index contributed by atoms with van der Waals surface area (Å²) < 4.78 is 16.5. The number of nitrogen functional groups attached to an aromatic ring is 1. The van der Waals surface area contributed by atoms with Gasteiger partial charge in [0.2, 0.25) is 9.04 Å². The van der Waals surface area contributed by atoms with Gasteiger partial charge in [-0.3, -0.25) is 0 Å². The Morgan fingerprint density at radius 3 is 2.14 bits per heavy atom. The molecule has 1 atom stereocenters. The Morgan fingerprint density at radius 1 is 1.18 bits per heavy atom. The zero-order valence-corrected chi connectivity index (χ0v) is 15.4. The summed E-state index contributed by atoms with van der Waals surface area (Å²) in [6.07, 6.45) is 0. The summed E-state index contributed by atoms with van der Waals surface area (Å²) in [6.45, 7) is 9.83. The van der Waals surface area contributed by atoms with E-state index < -0.39 is 26.0 Å². The number of hydrogen-bond acceptors (Lipinski definition) is 5. The Kier molecular flexibility index (Phi) is 5.64. The van der Waals surface area contributed by atoms with Crippen LogP contribution in [0.2, 0.25) is 13.1 Å².